The Hall–Kier alpha value is -3.64. The second-order valence-electron chi connectivity index (χ2n) is 7.24. The van der Waals surface area contributed by atoms with Crippen LogP contribution in [0, 0.1) is 0 Å². The monoisotopic (exact) mass is 438 g/mol. The molecule has 5 rings (SSSR count). The van der Waals surface area contributed by atoms with Gasteiger partial charge >= 0.3 is 0 Å². The van der Waals surface area contributed by atoms with Gasteiger partial charge in [-0.3, -0.25) is 9.55 Å². The molecule has 0 saturated heterocycles. The van der Waals surface area contributed by atoms with Crippen LogP contribution in [0.4, 0.5) is 0 Å². The lowest BCUT2D eigenvalue weighted by molar-refractivity contribution is 0.340. The second-order valence-corrected chi connectivity index (χ2v) is 8.18. The van der Waals surface area contributed by atoms with E-state index in [0.29, 0.717) is 6.61 Å². The van der Waals surface area contributed by atoms with Crippen molar-refractivity contribution in [3.63, 3.8) is 0 Å². The smallest absolute Gasteiger partial charge is 0.196 e. The van der Waals surface area contributed by atoms with E-state index >= 15 is 0 Å². The minimum atomic E-state index is 0.638. The van der Waals surface area contributed by atoms with E-state index in [1.165, 1.54) is 16.3 Å². The van der Waals surface area contributed by atoms with Crippen LogP contribution >= 0.6 is 11.8 Å². The van der Waals surface area contributed by atoms with Crippen molar-refractivity contribution < 1.29 is 4.74 Å². The first-order valence-electron chi connectivity index (χ1n) is 10.5. The molecule has 3 aromatic carbocycles. The van der Waals surface area contributed by atoms with Gasteiger partial charge in [0.25, 0.3) is 0 Å². The Morgan fingerprint density at radius 3 is 2.53 bits per heavy atom. The molecule has 0 amide bonds. The third kappa shape index (κ3) is 4.09. The number of hydrogen-bond acceptors (Lipinski definition) is 5. The Balaban J connectivity index is 1.52. The van der Waals surface area contributed by atoms with Gasteiger partial charge in [0.05, 0.1) is 6.61 Å². The van der Waals surface area contributed by atoms with Crippen molar-refractivity contribution in [3.05, 3.63) is 96.8 Å². The summed E-state index contributed by atoms with van der Waals surface area (Å²) in [7, 11) is 0. The molecular weight excluding hydrogens is 416 g/mol. The normalized spacial score (nSPS) is 11.0. The van der Waals surface area contributed by atoms with Crippen LogP contribution in [-0.2, 0) is 5.75 Å². The van der Waals surface area contributed by atoms with Crippen molar-refractivity contribution in [3.8, 4) is 22.8 Å². The molecule has 0 spiro atoms. The molecule has 0 N–H and O–H groups in total. The van der Waals surface area contributed by atoms with Crippen LogP contribution in [0.1, 0.15) is 12.5 Å². The summed E-state index contributed by atoms with van der Waals surface area (Å²) in [6, 6.07) is 26.8. The summed E-state index contributed by atoms with van der Waals surface area (Å²) in [6.07, 6.45) is 3.57. The summed E-state index contributed by atoms with van der Waals surface area (Å²) < 4.78 is 7.70. The summed E-state index contributed by atoms with van der Waals surface area (Å²) in [5, 5.41) is 12.4. The molecule has 0 unspecified atom stereocenters. The number of hydrogen-bond donors (Lipinski definition) is 0. The highest BCUT2D eigenvalue weighted by Crippen LogP contribution is 2.31. The van der Waals surface area contributed by atoms with Gasteiger partial charge in [-0.15, -0.1) is 10.2 Å². The second kappa shape index (κ2) is 9.24. The Morgan fingerprint density at radius 1 is 0.875 bits per heavy atom. The lowest BCUT2D eigenvalue weighted by Gasteiger charge is -2.12. The number of ether oxygens (including phenoxy) is 1. The molecule has 5 nitrogen and oxygen atoms in total. The molecule has 2 aromatic heterocycles. The molecule has 0 radical (unpaired) electrons. The SMILES string of the molecule is CCOc1ccc(-n2c(SCc3cccc4ccccc34)nnc2-c2cccnc2)cc1. The van der Waals surface area contributed by atoms with Crippen molar-refractivity contribution in [1.29, 1.82) is 0 Å². The fourth-order valence-electron chi connectivity index (χ4n) is 3.70. The average Bonchev–Trinajstić information content (AvgIpc) is 3.28. The zero-order valence-corrected chi connectivity index (χ0v) is 18.5. The van der Waals surface area contributed by atoms with E-state index in [1.54, 1.807) is 18.0 Å². The number of rotatable bonds is 7. The minimum absolute atomic E-state index is 0.638. The Morgan fingerprint density at radius 2 is 1.72 bits per heavy atom. The predicted molar refractivity (Wildman–Crippen MR) is 129 cm³/mol. The maximum absolute atomic E-state index is 5.61. The molecule has 6 heteroatoms. The fraction of sp³-hybridized carbons (Fsp3) is 0.115. The Bertz CT molecular complexity index is 1330. The Labute approximate surface area is 191 Å². The number of nitrogens with zero attached hydrogens (tertiary/aromatic N) is 4. The first kappa shape index (κ1) is 20.3. The van der Waals surface area contributed by atoms with Gasteiger partial charge in [0, 0.05) is 29.4 Å². The highest BCUT2D eigenvalue weighted by atomic mass is 32.2. The van der Waals surface area contributed by atoms with Crippen molar-refractivity contribution >= 4 is 22.5 Å². The van der Waals surface area contributed by atoms with Crippen LogP contribution in [0.5, 0.6) is 5.75 Å². The molecule has 2 heterocycles. The zero-order chi connectivity index (χ0) is 21.8. The number of thioether (sulfide) groups is 1. The lowest BCUT2D eigenvalue weighted by Crippen LogP contribution is -2.00. The molecule has 0 aliphatic heterocycles. The van der Waals surface area contributed by atoms with Crippen LogP contribution in [0.15, 0.2) is 96.4 Å². The van der Waals surface area contributed by atoms with E-state index in [4.69, 9.17) is 4.74 Å². The van der Waals surface area contributed by atoms with Crippen molar-refractivity contribution in [2.24, 2.45) is 0 Å². The van der Waals surface area contributed by atoms with Gasteiger partial charge in [0.1, 0.15) is 5.75 Å². The fourth-order valence-corrected chi connectivity index (χ4v) is 4.65. The van der Waals surface area contributed by atoms with Crippen molar-refractivity contribution in [2.75, 3.05) is 6.61 Å². The van der Waals surface area contributed by atoms with Crippen LogP contribution in [0.25, 0.3) is 27.8 Å². The maximum Gasteiger partial charge on any atom is 0.196 e. The Kier molecular flexibility index (Phi) is 5.85. The van der Waals surface area contributed by atoms with Crippen LogP contribution < -0.4 is 4.74 Å². The lowest BCUT2D eigenvalue weighted by atomic mass is 10.1. The molecule has 158 valence electrons. The maximum atomic E-state index is 5.61. The topological polar surface area (TPSA) is 52.8 Å². The largest absolute Gasteiger partial charge is 0.494 e. The number of aromatic nitrogens is 4. The average molecular weight is 439 g/mol. The first-order valence-corrected chi connectivity index (χ1v) is 11.5. The molecule has 0 fully saturated rings. The molecule has 0 aliphatic rings. The summed E-state index contributed by atoms with van der Waals surface area (Å²) in [6.45, 7) is 2.62. The molecule has 5 aromatic rings. The molecular formula is C26H22N4OS. The summed E-state index contributed by atoms with van der Waals surface area (Å²) in [5.41, 5.74) is 3.18. The quantitative estimate of drug-likeness (QED) is 0.284. The molecule has 32 heavy (non-hydrogen) atoms. The van der Waals surface area contributed by atoms with Gasteiger partial charge in [-0.2, -0.15) is 0 Å². The number of benzene rings is 3. The summed E-state index contributed by atoms with van der Waals surface area (Å²) in [5.74, 6) is 2.41. The van der Waals surface area contributed by atoms with Gasteiger partial charge in [-0.1, -0.05) is 54.2 Å². The van der Waals surface area contributed by atoms with Gasteiger partial charge in [0.15, 0.2) is 11.0 Å². The standard InChI is InChI=1S/C26H22N4OS/c1-2-31-23-14-12-22(13-15-23)30-25(20-10-6-16-27-17-20)28-29-26(30)32-18-21-9-5-8-19-7-3-4-11-24(19)21/h3-17H,2,18H2,1H3. The summed E-state index contributed by atoms with van der Waals surface area (Å²) in [4.78, 5) is 4.26. The van der Waals surface area contributed by atoms with E-state index in [-0.39, 0.29) is 0 Å². The van der Waals surface area contributed by atoms with Crippen LogP contribution in [-0.4, -0.2) is 26.4 Å². The third-order valence-corrected chi connectivity index (χ3v) is 6.17. The molecule has 0 bridgehead atoms. The number of fused-ring (bicyclic) bond motifs is 1. The van der Waals surface area contributed by atoms with Gasteiger partial charge in [0.2, 0.25) is 0 Å². The van der Waals surface area contributed by atoms with Crippen LogP contribution in [0.3, 0.4) is 0 Å². The van der Waals surface area contributed by atoms with E-state index in [0.717, 1.165) is 33.7 Å². The van der Waals surface area contributed by atoms with E-state index in [9.17, 15) is 0 Å². The predicted octanol–water partition coefficient (Wildman–Crippen LogP) is 6.17. The van der Waals surface area contributed by atoms with Crippen LogP contribution in [0.2, 0.25) is 0 Å². The van der Waals surface area contributed by atoms with Crippen molar-refractivity contribution in [1.82, 2.24) is 19.7 Å². The molecule has 0 atom stereocenters. The van der Waals surface area contributed by atoms with Gasteiger partial charge in [-0.25, -0.2) is 0 Å². The highest BCUT2D eigenvalue weighted by molar-refractivity contribution is 7.98. The van der Waals surface area contributed by atoms with E-state index in [2.05, 4.69) is 62.2 Å². The van der Waals surface area contributed by atoms with Gasteiger partial charge in [-0.05, 0) is 59.7 Å². The van der Waals surface area contributed by atoms with Crippen molar-refractivity contribution in [2.45, 2.75) is 17.8 Å². The van der Waals surface area contributed by atoms with Gasteiger partial charge < -0.3 is 4.74 Å². The molecule has 0 saturated carbocycles. The molecule has 0 aliphatic carbocycles. The van der Waals surface area contributed by atoms with E-state index in [1.807, 2.05) is 49.5 Å². The third-order valence-electron chi connectivity index (χ3n) is 5.20. The zero-order valence-electron chi connectivity index (χ0n) is 17.7. The summed E-state index contributed by atoms with van der Waals surface area (Å²) >= 11 is 1.68. The highest BCUT2D eigenvalue weighted by Gasteiger charge is 2.17. The minimum Gasteiger partial charge on any atom is -0.494 e. The first-order chi connectivity index (χ1) is 15.8. The van der Waals surface area contributed by atoms with E-state index < -0.39 is 0 Å². The number of pyridine rings is 1.